The summed E-state index contributed by atoms with van der Waals surface area (Å²) >= 11 is 0. The average molecular weight is 362 g/mol. The molecule has 1 N–H and O–H groups in total. The van der Waals surface area contributed by atoms with Crippen molar-refractivity contribution >= 4 is 0 Å². The van der Waals surface area contributed by atoms with Gasteiger partial charge < -0.3 is 0 Å². The normalized spacial score (nSPS) is 11.1. The van der Waals surface area contributed by atoms with Crippen LogP contribution in [0.5, 0.6) is 0 Å². The van der Waals surface area contributed by atoms with E-state index in [1.54, 1.807) is 0 Å². The largest absolute Gasteiger partial charge is 0.262 e. The van der Waals surface area contributed by atoms with E-state index in [0.29, 0.717) is 0 Å². The molecule has 1 aromatic heterocycles. The SMILES string of the molecule is CCCCCCCCCCCCCCCCCCNC[n+]1ccccc1. The molecule has 1 rings (SSSR count). The highest BCUT2D eigenvalue weighted by atomic mass is 15.1. The fourth-order valence-corrected chi connectivity index (χ4v) is 3.55. The van der Waals surface area contributed by atoms with Crippen LogP contribution in [0.3, 0.4) is 0 Å². The summed E-state index contributed by atoms with van der Waals surface area (Å²) in [5, 5.41) is 3.51. The van der Waals surface area contributed by atoms with Gasteiger partial charge in [-0.15, -0.1) is 0 Å². The van der Waals surface area contributed by atoms with E-state index in [0.717, 1.165) is 13.2 Å². The number of hydrogen-bond acceptors (Lipinski definition) is 1. The van der Waals surface area contributed by atoms with Crippen molar-refractivity contribution in [2.45, 2.75) is 116 Å². The van der Waals surface area contributed by atoms with E-state index in [1.807, 2.05) is 0 Å². The second-order valence-corrected chi connectivity index (χ2v) is 7.85. The van der Waals surface area contributed by atoms with Crippen LogP contribution >= 0.6 is 0 Å². The molecule has 0 saturated carbocycles. The summed E-state index contributed by atoms with van der Waals surface area (Å²) in [7, 11) is 0. The number of rotatable bonds is 19. The monoisotopic (exact) mass is 361 g/mol. The maximum absolute atomic E-state index is 3.51. The summed E-state index contributed by atoms with van der Waals surface area (Å²) in [5.74, 6) is 0. The molecular formula is C24H45N2+. The molecule has 0 aliphatic heterocycles. The number of pyridine rings is 1. The summed E-state index contributed by atoms with van der Waals surface area (Å²) in [6.07, 6.45) is 27.2. The van der Waals surface area contributed by atoms with Crippen LogP contribution in [-0.4, -0.2) is 6.54 Å². The number of nitrogens with zero attached hydrogens (tertiary/aromatic N) is 1. The molecule has 2 heteroatoms. The van der Waals surface area contributed by atoms with Crippen molar-refractivity contribution in [2.24, 2.45) is 0 Å². The Hall–Kier alpha value is -0.890. The van der Waals surface area contributed by atoms with Crippen molar-refractivity contribution < 1.29 is 4.57 Å². The predicted octanol–water partition coefficient (Wildman–Crippen LogP) is 6.78. The van der Waals surface area contributed by atoms with Gasteiger partial charge in [0.05, 0.1) is 0 Å². The van der Waals surface area contributed by atoms with Crippen LogP contribution in [0.1, 0.15) is 110 Å². The van der Waals surface area contributed by atoms with Gasteiger partial charge in [-0.05, 0) is 6.42 Å². The topological polar surface area (TPSA) is 15.9 Å². The lowest BCUT2D eigenvalue weighted by Crippen LogP contribution is -2.40. The van der Waals surface area contributed by atoms with Gasteiger partial charge in [-0.25, -0.2) is 0 Å². The summed E-state index contributed by atoms with van der Waals surface area (Å²) in [5.41, 5.74) is 0. The van der Waals surface area contributed by atoms with Gasteiger partial charge in [-0.3, -0.25) is 5.32 Å². The molecule has 0 bridgehead atoms. The van der Waals surface area contributed by atoms with Crippen molar-refractivity contribution in [3.8, 4) is 0 Å². The third-order valence-corrected chi connectivity index (χ3v) is 5.28. The standard InChI is InChI=1S/C24H45N2/c1-2-3-4-5-6-7-8-9-10-11-12-13-14-15-16-18-21-25-24-26-22-19-17-20-23-26/h17,19-20,22-23,25H,2-16,18,21,24H2,1H3/q+1. The first-order chi connectivity index (χ1) is 12.9. The van der Waals surface area contributed by atoms with E-state index < -0.39 is 0 Å². The molecule has 26 heavy (non-hydrogen) atoms. The summed E-state index contributed by atoms with van der Waals surface area (Å²) in [4.78, 5) is 0. The Bertz CT molecular complexity index is 377. The van der Waals surface area contributed by atoms with Gasteiger partial charge in [0.1, 0.15) is 0 Å². The van der Waals surface area contributed by atoms with Crippen molar-refractivity contribution in [3.05, 3.63) is 30.6 Å². The lowest BCUT2D eigenvalue weighted by atomic mass is 10.0. The zero-order valence-corrected chi connectivity index (χ0v) is 17.6. The molecule has 0 amide bonds. The highest BCUT2D eigenvalue weighted by Gasteiger charge is 1.97. The third-order valence-electron chi connectivity index (χ3n) is 5.28. The Morgan fingerprint density at radius 1 is 0.538 bits per heavy atom. The number of unbranched alkanes of at least 4 members (excludes halogenated alkanes) is 15. The molecular weight excluding hydrogens is 316 g/mol. The highest BCUT2D eigenvalue weighted by Crippen LogP contribution is 2.13. The van der Waals surface area contributed by atoms with Crippen LogP contribution in [0.4, 0.5) is 0 Å². The maximum Gasteiger partial charge on any atom is 0.202 e. The molecule has 0 fully saturated rings. The molecule has 0 spiro atoms. The minimum Gasteiger partial charge on any atom is -0.262 e. The maximum atomic E-state index is 3.51. The van der Waals surface area contributed by atoms with E-state index in [1.165, 1.54) is 103 Å². The van der Waals surface area contributed by atoms with Gasteiger partial charge in [0, 0.05) is 18.7 Å². The van der Waals surface area contributed by atoms with E-state index in [4.69, 9.17) is 0 Å². The molecule has 0 unspecified atom stereocenters. The number of nitrogens with one attached hydrogen (secondary N) is 1. The predicted molar refractivity (Wildman–Crippen MR) is 114 cm³/mol. The first-order valence-electron chi connectivity index (χ1n) is 11.6. The van der Waals surface area contributed by atoms with Crippen LogP contribution in [0.15, 0.2) is 30.6 Å². The van der Waals surface area contributed by atoms with Crippen LogP contribution in [0, 0.1) is 0 Å². The molecule has 150 valence electrons. The van der Waals surface area contributed by atoms with Gasteiger partial charge in [-0.2, -0.15) is 4.57 Å². The van der Waals surface area contributed by atoms with Crippen molar-refractivity contribution in [2.75, 3.05) is 6.54 Å². The molecule has 0 atom stereocenters. The van der Waals surface area contributed by atoms with Gasteiger partial charge in [0.25, 0.3) is 0 Å². The van der Waals surface area contributed by atoms with Crippen LogP contribution < -0.4 is 9.88 Å². The minimum absolute atomic E-state index is 0.930. The van der Waals surface area contributed by atoms with Gasteiger partial charge in [-0.1, -0.05) is 109 Å². The number of aromatic nitrogens is 1. The summed E-state index contributed by atoms with van der Waals surface area (Å²) in [6, 6.07) is 6.22. The quantitative estimate of drug-likeness (QED) is 0.212. The molecule has 2 nitrogen and oxygen atoms in total. The Labute approximate surface area is 163 Å². The fourth-order valence-electron chi connectivity index (χ4n) is 3.55. The van der Waals surface area contributed by atoms with E-state index >= 15 is 0 Å². The second-order valence-electron chi connectivity index (χ2n) is 7.85. The molecule has 0 aromatic carbocycles. The van der Waals surface area contributed by atoms with Crippen molar-refractivity contribution in [3.63, 3.8) is 0 Å². The van der Waals surface area contributed by atoms with E-state index in [-0.39, 0.29) is 0 Å². The Kier molecular flexibility index (Phi) is 16.8. The van der Waals surface area contributed by atoms with E-state index in [2.05, 4.69) is 47.4 Å². The molecule has 0 radical (unpaired) electrons. The minimum atomic E-state index is 0.930. The summed E-state index contributed by atoms with van der Waals surface area (Å²) < 4.78 is 2.19. The second kappa shape index (κ2) is 18.9. The van der Waals surface area contributed by atoms with Crippen LogP contribution in [0.25, 0.3) is 0 Å². The highest BCUT2D eigenvalue weighted by molar-refractivity contribution is 4.83. The Balaban J connectivity index is 1.68. The molecule has 1 aromatic rings. The molecule has 0 saturated heterocycles. The molecule has 0 aliphatic rings. The molecule has 1 heterocycles. The number of hydrogen-bond donors (Lipinski definition) is 1. The Morgan fingerprint density at radius 2 is 0.962 bits per heavy atom. The van der Waals surface area contributed by atoms with Gasteiger partial charge in [0.2, 0.25) is 6.67 Å². The fraction of sp³-hybridized carbons (Fsp3) is 0.792. The van der Waals surface area contributed by atoms with Gasteiger partial charge >= 0.3 is 0 Å². The summed E-state index contributed by atoms with van der Waals surface area (Å²) in [6.45, 7) is 4.36. The lowest BCUT2D eigenvalue weighted by Gasteiger charge is -2.04. The first-order valence-corrected chi connectivity index (χ1v) is 11.6. The first kappa shape index (κ1) is 23.1. The average Bonchev–Trinajstić information content (AvgIpc) is 2.68. The van der Waals surface area contributed by atoms with Crippen molar-refractivity contribution in [1.29, 1.82) is 0 Å². The smallest absolute Gasteiger partial charge is 0.202 e. The Morgan fingerprint density at radius 3 is 1.42 bits per heavy atom. The van der Waals surface area contributed by atoms with Crippen LogP contribution in [0.2, 0.25) is 0 Å². The zero-order chi connectivity index (χ0) is 18.5. The van der Waals surface area contributed by atoms with Gasteiger partial charge in [0.15, 0.2) is 12.4 Å². The van der Waals surface area contributed by atoms with Crippen LogP contribution in [-0.2, 0) is 6.67 Å². The lowest BCUT2D eigenvalue weighted by molar-refractivity contribution is -0.701. The third kappa shape index (κ3) is 15.4. The molecule has 0 aliphatic carbocycles. The van der Waals surface area contributed by atoms with E-state index in [9.17, 15) is 0 Å². The van der Waals surface area contributed by atoms with Crippen molar-refractivity contribution in [1.82, 2.24) is 5.32 Å². The zero-order valence-electron chi connectivity index (χ0n) is 17.6.